The number of aromatic amines is 1. The molecule has 4 N–H and O–H groups in total. The van der Waals surface area contributed by atoms with Crippen molar-refractivity contribution < 1.29 is 0 Å². The largest absolute Gasteiger partial charge is 0.368 e. The van der Waals surface area contributed by atoms with Crippen molar-refractivity contribution in [1.82, 2.24) is 19.9 Å². The highest BCUT2D eigenvalue weighted by Gasteiger charge is 2.07. The Morgan fingerprint density at radius 1 is 1.33 bits per heavy atom. The summed E-state index contributed by atoms with van der Waals surface area (Å²) in [7, 11) is 0. The van der Waals surface area contributed by atoms with Crippen LogP contribution >= 0.6 is 11.8 Å². The number of rotatable bonds is 7. The molecule has 0 spiro atoms. The Kier molecular flexibility index (Phi) is 4.63. The highest BCUT2D eigenvalue weighted by Crippen LogP contribution is 2.17. The summed E-state index contributed by atoms with van der Waals surface area (Å²) in [5.74, 6) is 2.21. The van der Waals surface area contributed by atoms with Crippen LogP contribution in [0.3, 0.4) is 0 Å². The number of imidazole rings is 1. The molecule has 0 atom stereocenters. The summed E-state index contributed by atoms with van der Waals surface area (Å²) in [6, 6.07) is 0. The van der Waals surface area contributed by atoms with Gasteiger partial charge in [-0.05, 0) is 24.9 Å². The van der Waals surface area contributed by atoms with Gasteiger partial charge in [0.1, 0.15) is 5.52 Å². The van der Waals surface area contributed by atoms with Crippen molar-refractivity contribution in [3.63, 3.8) is 0 Å². The van der Waals surface area contributed by atoms with Gasteiger partial charge in [-0.3, -0.25) is 0 Å². The summed E-state index contributed by atoms with van der Waals surface area (Å²) in [5.41, 5.74) is 7.05. The lowest BCUT2D eigenvalue weighted by Crippen LogP contribution is -2.06. The van der Waals surface area contributed by atoms with E-state index < -0.39 is 0 Å². The molecule has 0 radical (unpaired) electrons. The topological polar surface area (TPSA) is 92.5 Å². The van der Waals surface area contributed by atoms with E-state index in [-0.39, 0.29) is 5.95 Å². The number of H-pyrrole nitrogens is 1. The molecule has 2 aromatic rings. The minimum absolute atomic E-state index is 0.250. The van der Waals surface area contributed by atoms with Gasteiger partial charge in [0.2, 0.25) is 5.95 Å². The van der Waals surface area contributed by atoms with E-state index in [4.69, 9.17) is 5.73 Å². The molecule has 0 saturated heterocycles. The first-order valence-corrected chi connectivity index (χ1v) is 7.40. The summed E-state index contributed by atoms with van der Waals surface area (Å²) >= 11 is 1.89. The Balaban J connectivity index is 1.89. The lowest BCUT2D eigenvalue weighted by atomic mass is 10.2. The number of nitrogens with two attached hydrogens (primary N) is 1. The number of hydrogen-bond donors (Lipinski definition) is 3. The zero-order valence-electron chi connectivity index (χ0n) is 10.4. The van der Waals surface area contributed by atoms with Gasteiger partial charge in [0.05, 0.1) is 6.33 Å². The van der Waals surface area contributed by atoms with E-state index in [2.05, 4.69) is 31.5 Å². The molecule has 0 aliphatic rings. The van der Waals surface area contributed by atoms with E-state index in [1.165, 1.54) is 18.6 Å². The van der Waals surface area contributed by atoms with Crippen molar-refractivity contribution in [3.05, 3.63) is 6.33 Å². The van der Waals surface area contributed by atoms with Gasteiger partial charge in [-0.25, -0.2) is 4.98 Å². The van der Waals surface area contributed by atoms with Crippen LogP contribution in [-0.4, -0.2) is 38.5 Å². The monoisotopic (exact) mass is 266 g/mol. The van der Waals surface area contributed by atoms with Gasteiger partial charge >= 0.3 is 0 Å². The van der Waals surface area contributed by atoms with Crippen LogP contribution in [0.1, 0.15) is 19.3 Å². The molecule has 18 heavy (non-hydrogen) atoms. The number of anilines is 2. The Labute approximate surface area is 110 Å². The Hall–Kier alpha value is -1.50. The fraction of sp³-hybridized carbons (Fsp3) is 0.545. The molecule has 0 bridgehead atoms. The lowest BCUT2D eigenvalue weighted by molar-refractivity contribution is 0.748. The second-order valence-corrected chi connectivity index (χ2v) is 5.00. The first-order chi connectivity index (χ1) is 8.81. The van der Waals surface area contributed by atoms with Crippen molar-refractivity contribution in [2.75, 3.05) is 29.6 Å². The molecule has 2 rings (SSSR count). The van der Waals surface area contributed by atoms with E-state index in [0.29, 0.717) is 5.65 Å². The minimum atomic E-state index is 0.250. The second kappa shape index (κ2) is 6.44. The van der Waals surface area contributed by atoms with Gasteiger partial charge in [0.15, 0.2) is 11.5 Å². The third-order valence-electron chi connectivity index (χ3n) is 2.62. The van der Waals surface area contributed by atoms with E-state index in [1.807, 2.05) is 11.8 Å². The average molecular weight is 266 g/mol. The number of fused-ring (bicyclic) bond motifs is 1. The number of nitrogens with zero attached hydrogens (tertiary/aromatic N) is 3. The van der Waals surface area contributed by atoms with Gasteiger partial charge in [-0.2, -0.15) is 21.7 Å². The van der Waals surface area contributed by atoms with E-state index >= 15 is 0 Å². The molecule has 0 saturated carbocycles. The highest BCUT2D eigenvalue weighted by molar-refractivity contribution is 7.98. The zero-order valence-corrected chi connectivity index (χ0v) is 11.3. The van der Waals surface area contributed by atoms with Crippen LogP contribution in [0.5, 0.6) is 0 Å². The van der Waals surface area contributed by atoms with Crippen LogP contribution in [0.15, 0.2) is 6.33 Å². The maximum absolute atomic E-state index is 5.63. The number of thioether (sulfide) groups is 1. The third-order valence-corrected chi connectivity index (χ3v) is 3.32. The van der Waals surface area contributed by atoms with Crippen molar-refractivity contribution in [2.24, 2.45) is 0 Å². The van der Waals surface area contributed by atoms with E-state index in [9.17, 15) is 0 Å². The van der Waals surface area contributed by atoms with Gasteiger partial charge in [-0.15, -0.1) is 0 Å². The molecule has 98 valence electrons. The van der Waals surface area contributed by atoms with Crippen molar-refractivity contribution in [1.29, 1.82) is 0 Å². The van der Waals surface area contributed by atoms with Crippen LogP contribution in [0.4, 0.5) is 11.8 Å². The summed E-state index contributed by atoms with van der Waals surface area (Å²) < 4.78 is 0. The molecule has 0 aliphatic heterocycles. The number of hydrogen-bond acceptors (Lipinski definition) is 6. The van der Waals surface area contributed by atoms with Crippen LogP contribution in [0.25, 0.3) is 11.2 Å². The first kappa shape index (κ1) is 12.9. The Morgan fingerprint density at radius 3 is 3.06 bits per heavy atom. The Morgan fingerprint density at radius 2 is 2.22 bits per heavy atom. The molecule has 2 heterocycles. The normalized spacial score (nSPS) is 10.9. The second-order valence-electron chi connectivity index (χ2n) is 4.01. The van der Waals surface area contributed by atoms with Gasteiger partial charge in [-0.1, -0.05) is 6.42 Å². The van der Waals surface area contributed by atoms with Crippen molar-refractivity contribution in [2.45, 2.75) is 19.3 Å². The molecule has 0 aliphatic carbocycles. The number of nitrogen functional groups attached to an aromatic ring is 1. The number of aromatic nitrogens is 4. The highest BCUT2D eigenvalue weighted by atomic mass is 32.2. The Bertz CT molecular complexity index is 497. The predicted octanol–water partition coefficient (Wildman–Crippen LogP) is 1.88. The molecule has 7 heteroatoms. The van der Waals surface area contributed by atoms with Crippen LogP contribution in [0, 0.1) is 0 Å². The van der Waals surface area contributed by atoms with Crippen molar-refractivity contribution >= 4 is 34.7 Å². The van der Waals surface area contributed by atoms with Gasteiger partial charge in [0.25, 0.3) is 0 Å². The molecule has 6 nitrogen and oxygen atoms in total. The maximum Gasteiger partial charge on any atom is 0.224 e. The number of unbranched alkanes of at least 4 members (excludes halogenated alkanes) is 2. The van der Waals surface area contributed by atoms with E-state index in [1.54, 1.807) is 6.33 Å². The zero-order chi connectivity index (χ0) is 12.8. The summed E-state index contributed by atoms with van der Waals surface area (Å²) in [5, 5.41) is 3.28. The molecular formula is C11H18N6S. The third kappa shape index (κ3) is 3.25. The van der Waals surface area contributed by atoms with Gasteiger partial charge < -0.3 is 16.0 Å². The molecule has 0 aromatic carbocycles. The molecule has 0 fully saturated rings. The SMILES string of the molecule is CSCCCCCNc1nc(N)nc2nc[nH]c12. The lowest BCUT2D eigenvalue weighted by Gasteiger charge is -2.06. The maximum atomic E-state index is 5.63. The molecular weight excluding hydrogens is 248 g/mol. The minimum Gasteiger partial charge on any atom is -0.368 e. The summed E-state index contributed by atoms with van der Waals surface area (Å²) in [6.07, 6.45) is 7.34. The summed E-state index contributed by atoms with van der Waals surface area (Å²) in [4.78, 5) is 15.3. The summed E-state index contributed by atoms with van der Waals surface area (Å²) in [6.45, 7) is 0.888. The van der Waals surface area contributed by atoms with E-state index in [0.717, 1.165) is 24.3 Å². The smallest absolute Gasteiger partial charge is 0.224 e. The fourth-order valence-electron chi connectivity index (χ4n) is 1.73. The molecule has 2 aromatic heterocycles. The first-order valence-electron chi connectivity index (χ1n) is 6.00. The van der Waals surface area contributed by atoms with Gasteiger partial charge in [0, 0.05) is 6.54 Å². The van der Waals surface area contributed by atoms with Crippen LogP contribution < -0.4 is 11.1 Å². The van der Waals surface area contributed by atoms with Crippen LogP contribution in [0.2, 0.25) is 0 Å². The predicted molar refractivity (Wildman–Crippen MR) is 76.8 cm³/mol. The quantitative estimate of drug-likeness (QED) is 0.663. The van der Waals surface area contributed by atoms with Crippen LogP contribution in [-0.2, 0) is 0 Å². The van der Waals surface area contributed by atoms with Crippen molar-refractivity contribution in [3.8, 4) is 0 Å². The molecule has 0 unspecified atom stereocenters. The fourth-order valence-corrected chi connectivity index (χ4v) is 2.23. The number of nitrogens with one attached hydrogen (secondary N) is 2. The average Bonchev–Trinajstić information content (AvgIpc) is 2.81. The standard InChI is InChI=1S/C11H18N6S/c1-18-6-4-2-3-5-13-9-8-10(15-7-14-8)17-11(12)16-9/h7H,2-6H2,1H3,(H4,12,13,14,15,16,17). The molecule has 0 amide bonds.